The summed E-state index contributed by atoms with van der Waals surface area (Å²) in [5.41, 5.74) is -1.58. The molecule has 0 unspecified atom stereocenters. The van der Waals surface area contributed by atoms with E-state index in [1.54, 1.807) is 6.92 Å². The van der Waals surface area contributed by atoms with Gasteiger partial charge in [0.15, 0.2) is 11.6 Å². The number of aryl methyl sites for hydroxylation is 1. The molecular weight excluding hydrogens is 275 g/mol. The smallest absolute Gasteiger partial charge is 0.423 e. The van der Waals surface area contributed by atoms with Gasteiger partial charge in [0.2, 0.25) is 0 Å². The normalized spacial score (nSPS) is 10.8. The van der Waals surface area contributed by atoms with E-state index in [2.05, 4.69) is 0 Å². The van der Waals surface area contributed by atoms with Gasteiger partial charge in [0.1, 0.15) is 11.6 Å². The van der Waals surface area contributed by atoms with Crippen LogP contribution in [0, 0.1) is 30.2 Å². The van der Waals surface area contributed by atoms with Gasteiger partial charge in [-0.25, -0.2) is 17.6 Å². The van der Waals surface area contributed by atoms with Gasteiger partial charge in [0.25, 0.3) is 0 Å². The van der Waals surface area contributed by atoms with Gasteiger partial charge in [-0.1, -0.05) is 12.1 Å². The Balaban J connectivity index is 2.70. The highest BCUT2D eigenvalue weighted by molar-refractivity contribution is 6.58. The van der Waals surface area contributed by atoms with E-state index in [1.807, 2.05) is 0 Å². The molecule has 0 heterocycles. The van der Waals surface area contributed by atoms with Gasteiger partial charge in [-0.3, -0.25) is 0 Å². The molecule has 0 aromatic heterocycles. The van der Waals surface area contributed by atoms with Crippen molar-refractivity contribution in [2.75, 3.05) is 0 Å². The summed E-state index contributed by atoms with van der Waals surface area (Å²) in [7, 11) is -2.50. The summed E-state index contributed by atoms with van der Waals surface area (Å²) in [6.45, 7) is 1.61. The summed E-state index contributed by atoms with van der Waals surface area (Å²) in [5.74, 6) is -5.50. The van der Waals surface area contributed by atoms with E-state index >= 15 is 0 Å². The second-order valence-electron chi connectivity index (χ2n) is 4.30. The molecular formula is C13H9BF4O2. The van der Waals surface area contributed by atoms with Gasteiger partial charge in [-0.2, -0.15) is 0 Å². The van der Waals surface area contributed by atoms with Gasteiger partial charge in [-0.05, 0) is 24.6 Å². The molecule has 0 amide bonds. The van der Waals surface area contributed by atoms with Crippen molar-refractivity contribution in [3.63, 3.8) is 0 Å². The Morgan fingerprint density at radius 1 is 0.850 bits per heavy atom. The Kier molecular flexibility index (Phi) is 3.83. The monoisotopic (exact) mass is 284 g/mol. The summed E-state index contributed by atoms with van der Waals surface area (Å²) in [6.07, 6.45) is 0. The molecule has 0 bridgehead atoms. The van der Waals surface area contributed by atoms with Crippen LogP contribution in [0.2, 0.25) is 0 Å². The molecule has 0 aliphatic carbocycles. The van der Waals surface area contributed by atoms with Crippen LogP contribution in [0.4, 0.5) is 17.6 Å². The van der Waals surface area contributed by atoms with Gasteiger partial charge in [0, 0.05) is 11.1 Å². The first-order chi connectivity index (χ1) is 9.32. The Labute approximate surface area is 112 Å². The number of halogens is 4. The SMILES string of the molecule is Cc1ccc(-c2cc(F)c(B(O)O)c(F)c2F)c(F)c1. The lowest BCUT2D eigenvalue weighted by Crippen LogP contribution is -2.36. The topological polar surface area (TPSA) is 40.5 Å². The van der Waals surface area contributed by atoms with Crippen molar-refractivity contribution < 1.29 is 27.6 Å². The summed E-state index contributed by atoms with van der Waals surface area (Å²) in [5, 5.41) is 17.6. The average molecular weight is 284 g/mol. The molecule has 0 saturated heterocycles. The fourth-order valence-corrected chi connectivity index (χ4v) is 1.88. The highest BCUT2D eigenvalue weighted by atomic mass is 19.2. The van der Waals surface area contributed by atoms with Crippen LogP contribution in [0.5, 0.6) is 0 Å². The van der Waals surface area contributed by atoms with Crippen molar-refractivity contribution in [3.05, 3.63) is 53.1 Å². The van der Waals surface area contributed by atoms with Crippen LogP contribution in [0.3, 0.4) is 0 Å². The minimum Gasteiger partial charge on any atom is -0.423 e. The third-order valence-electron chi connectivity index (χ3n) is 2.87. The number of hydrogen-bond donors (Lipinski definition) is 2. The summed E-state index contributed by atoms with van der Waals surface area (Å²) < 4.78 is 54.8. The Morgan fingerprint density at radius 2 is 1.50 bits per heavy atom. The van der Waals surface area contributed by atoms with E-state index in [9.17, 15) is 17.6 Å². The van der Waals surface area contributed by atoms with E-state index in [4.69, 9.17) is 10.0 Å². The van der Waals surface area contributed by atoms with Crippen LogP contribution >= 0.6 is 0 Å². The number of benzene rings is 2. The lowest BCUT2D eigenvalue weighted by atomic mass is 9.78. The van der Waals surface area contributed by atoms with Crippen molar-refractivity contribution in [1.82, 2.24) is 0 Å². The van der Waals surface area contributed by atoms with Crippen LogP contribution < -0.4 is 5.46 Å². The molecule has 2 aromatic carbocycles. The molecule has 0 spiro atoms. The first-order valence-electron chi connectivity index (χ1n) is 5.63. The molecule has 0 saturated carbocycles. The van der Waals surface area contributed by atoms with Crippen LogP contribution in [0.25, 0.3) is 11.1 Å². The van der Waals surface area contributed by atoms with Crippen LogP contribution in [0.1, 0.15) is 5.56 Å². The molecule has 2 rings (SSSR count). The zero-order chi connectivity index (χ0) is 15.0. The van der Waals surface area contributed by atoms with Crippen molar-refractivity contribution in [2.24, 2.45) is 0 Å². The first-order valence-corrected chi connectivity index (χ1v) is 5.63. The van der Waals surface area contributed by atoms with E-state index in [-0.39, 0.29) is 5.56 Å². The maximum absolute atomic E-state index is 13.8. The maximum atomic E-state index is 13.8. The van der Waals surface area contributed by atoms with Gasteiger partial charge in [0.05, 0.1) is 5.46 Å². The Hall–Kier alpha value is -1.86. The van der Waals surface area contributed by atoms with E-state index in [0.717, 1.165) is 6.07 Å². The second kappa shape index (κ2) is 5.26. The molecule has 0 radical (unpaired) electrons. The molecule has 2 nitrogen and oxygen atoms in total. The number of hydrogen-bond acceptors (Lipinski definition) is 2. The minimum atomic E-state index is -2.50. The summed E-state index contributed by atoms with van der Waals surface area (Å²) in [4.78, 5) is 0. The quantitative estimate of drug-likeness (QED) is 0.502. The molecule has 20 heavy (non-hydrogen) atoms. The van der Waals surface area contributed by atoms with Gasteiger partial charge in [-0.15, -0.1) is 0 Å². The Morgan fingerprint density at radius 3 is 2.05 bits per heavy atom. The molecule has 0 fully saturated rings. The van der Waals surface area contributed by atoms with Crippen LogP contribution in [-0.4, -0.2) is 17.2 Å². The zero-order valence-corrected chi connectivity index (χ0v) is 10.3. The molecule has 0 aliphatic heterocycles. The van der Waals surface area contributed by atoms with E-state index < -0.39 is 41.4 Å². The lowest BCUT2D eigenvalue weighted by Gasteiger charge is -2.11. The van der Waals surface area contributed by atoms with Crippen molar-refractivity contribution >= 4 is 12.6 Å². The van der Waals surface area contributed by atoms with Crippen molar-refractivity contribution in [1.29, 1.82) is 0 Å². The van der Waals surface area contributed by atoms with Crippen molar-refractivity contribution in [3.8, 4) is 11.1 Å². The molecule has 0 aliphatic rings. The third kappa shape index (κ3) is 2.42. The van der Waals surface area contributed by atoms with Gasteiger partial charge >= 0.3 is 7.12 Å². The first kappa shape index (κ1) is 14.6. The average Bonchev–Trinajstić information content (AvgIpc) is 2.34. The van der Waals surface area contributed by atoms with Gasteiger partial charge < -0.3 is 10.0 Å². The predicted octanol–water partition coefficient (Wildman–Crippen LogP) is 1.90. The fraction of sp³-hybridized carbons (Fsp3) is 0.0769. The third-order valence-corrected chi connectivity index (χ3v) is 2.87. The second-order valence-corrected chi connectivity index (χ2v) is 4.30. The standard InChI is InChI=1S/C13H9BF4O2/c1-6-2-3-7(9(15)4-6)8-5-10(16)11(14(19)20)13(18)12(8)17/h2-5,19-20H,1H3. The van der Waals surface area contributed by atoms with E-state index in [0.29, 0.717) is 11.6 Å². The molecule has 2 N–H and O–H groups in total. The molecule has 104 valence electrons. The highest BCUT2D eigenvalue weighted by Crippen LogP contribution is 2.28. The minimum absolute atomic E-state index is 0.315. The fourth-order valence-electron chi connectivity index (χ4n) is 1.88. The number of rotatable bonds is 2. The van der Waals surface area contributed by atoms with Crippen LogP contribution in [0.15, 0.2) is 24.3 Å². The van der Waals surface area contributed by atoms with E-state index in [1.165, 1.54) is 12.1 Å². The van der Waals surface area contributed by atoms with Crippen LogP contribution in [-0.2, 0) is 0 Å². The lowest BCUT2D eigenvalue weighted by molar-refractivity contribution is 0.415. The van der Waals surface area contributed by atoms with Crippen molar-refractivity contribution in [2.45, 2.75) is 6.92 Å². The maximum Gasteiger partial charge on any atom is 0.494 e. The zero-order valence-electron chi connectivity index (χ0n) is 10.3. The summed E-state index contributed by atoms with van der Waals surface area (Å²) in [6, 6.07) is 4.28. The largest absolute Gasteiger partial charge is 0.494 e. The molecule has 2 aromatic rings. The Bertz CT molecular complexity index is 674. The highest BCUT2D eigenvalue weighted by Gasteiger charge is 2.28. The molecule has 0 atom stereocenters. The summed E-state index contributed by atoms with van der Waals surface area (Å²) >= 11 is 0. The predicted molar refractivity (Wildman–Crippen MR) is 66.3 cm³/mol. The molecule has 7 heteroatoms.